The summed E-state index contributed by atoms with van der Waals surface area (Å²) in [5.41, 5.74) is 2.08. The highest BCUT2D eigenvalue weighted by atomic mass is 35.5. The molecule has 2 N–H and O–H groups in total. The van der Waals surface area contributed by atoms with Gasteiger partial charge in [0.15, 0.2) is 23.1 Å². The molecule has 12 nitrogen and oxygen atoms in total. The number of nitrogens with zero attached hydrogens (tertiary/aromatic N) is 5. The van der Waals surface area contributed by atoms with E-state index in [9.17, 15) is 13.6 Å². The number of hydrogen-bond acceptors (Lipinski definition) is 9. The van der Waals surface area contributed by atoms with E-state index in [0.717, 1.165) is 15.4 Å². The monoisotopic (exact) mass is 702 g/mol. The number of para-hydroxylation sites is 2. The Bertz CT molecular complexity index is 1910. The van der Waals surface area contributed by atoms with E-state index in [0.29, 0.717) is 23.0 Å². The third kappa shape index (κ3) is 9.08. The molecule has 0 saturated heterocycles. The van der Waals surface area contributed by atoms with Crippen molar-refractivity contribution in [3.63, 3.8) is 0 Å². The summed E-state index contributed by atoms with van der Waals surface area (Å²) in [6.07, 6.45) is 2.99. The second kappa shape index (κ2) is 15.9. The Balaban J connectivity index is 1.56. The fourth-order valence-electron chi connectivity index (χ4n) is 4.59. The number of hydrogen-bond donors (Lipinski definition) is 2. The predicted molar refractivity (Wildman–Crippen MR) is 188 cm³/mol. The molecule has 1 amide bonds. The number of carbonyl (C=O) groups is 1. The van der Waals surface area contributed by atoms with Gasteiger partial charge in [-0.1, -0.05) is 68.8 Å². The number of carbonyl (C=O) groups excluding carboxylic acids is 1. The number of aromatic nitrogens is 4. The van der Waals surface area contributed by atoms with Gasteiger partial charge in [0.2, 0.25) is 17.5 Å². The Kier molecular flexibility index (Phi) is 11.4. The number of methoxy groups -OCH3 is 1. The van der Waals surface area contributed by atoms with Crippen LogP contribution in [0.1, 0.15) is 38.3 Å². The van der Waals surface area contributed by atoms with Gasteiger partial charge >= 0.3 is 0 Å². The van der Waals surface area contributed by atoms with Crippen molar-refractivity contribution in [1.29, 1.82) is 0 Å². The SMILES string of the molecule is COc1ccccc1Oc1c(OCCC(=O)NCc2ccc(Cl)cc2)nc(-c2ncccn2)nc1N(c1ccc(C(C)(C)C)cc1)S(=O)O. The van der Waals surface area contributed by atoms with Crippen molar-refractivity contribution >= 4 is 40.3 Å². The zero-order valence-corrected chi connectivity index (χ0v) is 28.9. The minimum absolute atomic E-state index is 0.00747. The Labute approximate surface area is 291 Å². The standard InChI is InChI=1S/C35H35ClN6O6S/c1-35(2,3)24-12-16-26(17-13-24)42(49(44)45)33-30(48-28-9-6-5-8-27(28)46-4)34(41-32(40-33)31-37-19-7-20-38-31)47-21-18-29(43)39-22-23-10-14-25(36)15-11-23/h5-17,19-20H,18,21-22H2,1-4H3,(H,39,43)(H,44,45). The summed E-state index contributed by atoms with van der Waals surface area (Å²) in [5.74, 6) is 0.143. The van der Waals surface area contributed by atoms with Gasteiger partial charge in [-0.15, -0.1) is 0 Å². The van der Waals surface area contributed by atoms with Crippen LogP contribution in [-0.2, 0) is 28.0 Å². The summed E-state index contributed by atoms with van der Waals surface area (Å²) >= 11 is 3.31. The van der Waals surface area contributed by atoms with Gasteiger partial charge in [-0.25, -0.2) is 23.5 Å². The molecule has 0 aliphatic carbocycles. The summed E-state index contributed by atoms with van der Waals surface area (Å²) < 4.78 is 42.9. The number of amides is 1. The molecule has 3 aromatic carbocycles. The van der Waals surface area contributed by atoms with Crippen LogP contribution in [0.2, 0.25) is 5.02 Å². The first-order valence-electron chi connectivity index (χ1n) is 15.2. The average molecular weight is 703 g/mol. The van der Waals surface area contributed by atoms with Gasteiger partial charge in [0, 0.05) is 24.0 Å². The van der Waals surface area contributed by atoms with Crippen molar-refractivity contribution in [2.45, 2.75) is 39.2 Å². The molecule has 2 aromatic heterocycles. The average Bonchev–Trinajstić information content (AvgIpc) is 3.09. The Morgan fingerprint density at radius 3 is 2.22 bits per heavy atom. The Hall–Kier alpha value is -5.11. The molecule has 49 heavy (non-hydrogen) atoms. The maximum atomic E-state index is 13.1. The van der Waals surface area contributed by atoms with Gasteiger partial charge in [-0.3, -0.25) is 9.35 Å². The molecule has 2 heterocycles. The first-order chi connectivity index (χ1) is 23.5. The van der Waals surface area contributed by atoms with Crippen molar-refractivity contribution in [3.8, 4) is 34.8 Å². The van der Waals surface area contributed by atoms with Gasteiger partial charge in [0.05, 0.1) is 25.8 Å². The minimum Gasteiger partial charge on any atom is -0.493 e. The fraction of sp³-hybridized carbons (Fsp3) is 0.229. The number of halogens is 1. The molecule has 1 unspecified atom stereocenters. The van der Waals surface area contributed by atoms with Gasteiger partial charge in [0.25, 0.3) is 17.1 Å². The van der Waals surface area contributed by atoms with Gasteiger partial charge in [-0.2, -0.15) is 4.98 Å². The van der Waals surface area contributed by atoms with E-state index in [1.807, 2.05) is 24.3 Å². The highest BCUT2D eigenvalue weighted by Crippen LogP contribution is 2.44. The number of nitrogens with one attached hydrogen (secondary N) is 1. The Morgan fingerprint density at radius 2 is 1.59 bits per heavy atom. The van der Waals surface area contributed by atoms with Crippen LogP contribution in [0.5, 0.6) is 23.1 Å². The molecule has 254 valence electrons. The molecule has 14 heteroatoms. The molecule has 5 aromatic rings. The minimum atomic E-state index is -2.65. The van der Waals surface area contributed by atoms with Crippen LogP contribution in [0.4, 0.5) is 11.5 Å². The molecule has 0 aliphatic heterocycles. The van der Waals surface area contributed by atoms with E-state index in [4.69, 9.17) is 25.8 Å². The van der Waals surface area contributed by atoms with Crippen LogP contribution in [0, 0.1) is 0 Å². The number of rotatable bonds is 13. The van der Waals surface area contributed by atoms with E-state index in [2.05, 4.69) is 46.0 Å². The quantitative estimate of drug-likeness (QED) is 0.122. The highest BCUT2D eigenvalue weighted by molar-refractivity contribution is 7.81. The molecule has 5 rings (SSSR count). The van der Waals surface area contributed by atoms with E-state index in [1.54, 1.807) is 54.6 Å². The molecule has 0 fully saturated rings. The topological polar surface area (TPSA) is 149 Å². The summed E-state index contributed by atoms with van der Waals surface area (Å²) in [5, 5.41) is 3.45. The van der Waals surface area contributed by atoms with Crippen molar-refractivity contribution in [1.82, 2.24) is 25.3 Å². The molecular weight excluding hydrogens is 668 g/mol. The number of benzene rings is 3. The van der Waals surface area contributed by atoms with E-state index in [1.165, 1.54) is 19.5 Å². The first-order valence-corrected chi connectivity index (χ1v) is 16.6. The van der Waals surface area contributed by atoms with Crippen LogP contribution in [0.15, 0.2) is 91.3 Å². The fourth-order valence-corrected chi connectivity index (χ4v) is 5.29. The zero-order valence-electron chi connectivity index (χ0n) is 27.3. The highest BCUT2D eigenvalue weighted by Gasteiger charge is 2.30. The van der Waals surface area contributed by atoms with Crippen LogP contribution < -0.4 is 23.8 Å². The van der Waals surface area contributed by atoms with Gasteiger partial charge in [0.1, 0.15) is 0 Å². The third-order valence-corrected chi connectivity index (χ3v) is 8.10. The Morgan fingerprint density at radius 1 is 0.918 bits per heavy atom. The second-order valence-electron chi connectivity index (χ2n) is 11.7. The van der Waals surface area contributed by atoms with Crippen LogP contribution in [0.3, 0.4) is 0 Å². The molecule has 0 spiro atoms. The molecule has 0 aliphatic rings. The van der Waals surface area contributed by atoms with Crippen molar-refractivity contribution in [2.24, 2.45) is 0 Å². The summed E-state index contributed by atoms with van der Waals surface area (Å²) in [7, 11) is 1.49. The normalized spacial score (nSPS) is 11.8. The van der Waals surface area contributed by atoms with E-state index < -0.39 is 11.3 Å². The molecule has 0 saturated carbocycles. The zero-order chi connectivity index (χ0) is 35.0. The lowest BCUT2D eigenvalue weighted by Crippen LogP contribution is -2.25. The number of ether oxygens (including phenoxy) is 3. The van der Waals surface area contributed by atoms with Gasteiger partial charge < -0.3 is 19.5 Å². The lowest BCUT2D eigenvalue weighted by Gasteiger charge is -2.25. The van der Waals surface area contributed by atoms with Crippen LogP contribution in [0.25, 0.3) is 11.6 Å². The van der Waals surface area contributed by atoms with E-state index in [-0.39, 0.29) is 59.2 Å². The maximum absolute atomic E-state index is 13.1. The lowest BCUT2D eigenvalue weighted by molar-refractivity contribution is -0.121. The number of anilines is 2. The van der Waals surface area contributed by atoms with Crippen molar-refractivity contribution in [3.05, 3.63) is 107 Å². The molecular formula is C35H35ClN6O6S. The molecule has 0 radical (unpaired) electrons. The summed E-state index contributed by atoms with van der Waals surface area (Å²) in [4.78, 5) is 30.5. The lowest BCUT2D eigenvalue weighted by atomic mass is 9.87. The molecule has 0 bridgehead atoms. The predicted octanol–water partition coefficient (Wildman–Crippen LogP) is 7.05. The maximum Gasteiger partial charge on any atom is 0.268 e. The summed E-state index contributed by atoms with van der Waals surface area (Å²) in [6.45, 7) is 6.39. The van der Waals surface area contributed by atoms with Crippen molar-refractivity contribution in [2.75, 3.05) is 18.0 Å². The summed E-state index contributed by atoms with van der Waals surface area (Å²) in [6, 6.07) is 22.8. The third-order valence-electron chi connectivity index (χ3n) is 7.15. The second-order valence-corrected chi connectivity index (χ2v) is 12.9. The van der Waals surface area contributed by atoms with Crippen LogP contribution in [-0.4, -0.2) is 48.3 Å². The van der Waals surface area contributed by atoms with Gasteiger partial charge in [-0.05, 0) is 59.0 Å². The largest absolute Gasteiger partial charge is 0.493 e. The van der Waals surface area contributed by atoms with Crippen LogP contribution >= 0.6 is 11.6 Å². The van der Waals surface area contributed by atoms with E-state index >= 15 is 0 Å². The smallest absolute Gasteiger partial charge is 0.268 e. The first kappa shape index (κ1) is 35.2. The molecule has 1 atom stereocenters. The van der Waals surface area contributed by atoms with Crippen molar-refractivity contribution < 1.29 is 27.8 Å².